The Kier molecular flexibility index (Phi) is 4.25. The van der Waals surface area contributed by atoms with E-state index < -0.39 is 0 Å². The Hall–Kier alpha value is -1.35. The van der Waals surface area contributed by atoms with Crippen LogP contribution in [0.5, 0.6) is 0 Å². The molecule has 1 unspecified atom stereocenters. The van der Waals surface area contributed by atoms with Crippen molar-refractivity contribution in [1.29, 1.82) is 0 Å². The largest absolute Gasteiger partial charge is 0.272 e. The number of carbonyl (C=O) groups is 1. The molecule has 0 N–H and O–H groups in total. The molecule has 0 aromatic heterocycles. The number of rotatable bonds is 6. The van der Waals surface area contributed by atoms with E-state index in [2.05, 4.69) is 20.8 Å². The summed E-state index contributed by atoms with van der Waals surface area (Å²) < 4.78 is 0. The maximum atomic E-state index is 12.3. The van der Waals surface area contributed by atoms with Gasteiger partial charge in [-0.25, -0.2) is 5.06 Å². The van der Waals surface area contributed by atoms with Crippen LogP contribution < -0.4 is 0 Å². The molecule has 3 heteroatoms. The lowest BCUT2D eigenvalue weighted by Gasteiger charge is -2.54. The zero-order chi connectivity index (χ0) is 13.9. The maximum Gasteiger partial charge on any atom is 0.254 e. The number of hydrogen-bond acceptors (Lipinski definition) is 2. The lowest BCUT2D eigenvalue weighted by atomic mass is 9.67. The first kappa shape index (κ1) is 14.1. The van der Waals surface area contributed by atoms with Gasteiger partial charge in [0, 0.05) is 0 Å². The molecule has 1 heterocycles. The van der Waals surface area contributed by atoms with Crippen LogP contribution in [0.25, 0.3) is 0 Å². The van der Waals surface area contributed by atoms with Crippen LogP contribution in [0, 0.1) is 5.41 Å². The third-order valence-corrected chi connectivity index (χ3v) is 4.41. The van der Waals surface area contributed by atoms with E-state index in [9.17, 15) is 4.79 Å². The van der Waals surface area contributed by atoms with E-state index in [-0.39, 0.29) is 17.4 Å². The summed E-state index contributed by atoms with van der Waals surface area (Å²) in [6, 6.07) is 10.2. The van der Waals surface area contributed by atoms with Gasteiger partial charge in [0.25, 0.3) is 5.91 Å². The molecule has 0 bridgehead atoms. The highest BCUT2D eigenvalue weighted by Gasteiger charge is 2.58. The number of amides is 1. The minimum Gasteiger partial charge on any atom is -0.272 e. The molecule has 0 radical (unpaired) electrons. The van der Waals surface area contributed by atoms with Crippen molar-refractivity contribution in [2.75, 3.05) is 0 Å². The second-order valence-corrected chi connectivity index (χ2v) is 5.18. The van der Waals surface area contributed by atoms with Crippen LogP contribution in [0.2, 0.25) is 0 Å². The van der Waals surface area contributed by atoms with Crippen molar-refractivity contribution in [2.24, 2.45) is 5.41 Å². The fourth-order valence-electron chi connectivity index (χ4n) is 3.11. The predicted molar refractivity (Wildman–Crippen MR) is 75.2 cm³/mol. The maximum absolute atomic E-state index is 12.3. The van der Waals surface area contributed by atoms with Gasteiger partial charge in [-0.15, -0.1) is 0 Å². The number of hydroxylamine groups is 2. The molecule has 1 aromatic carbocycles. The van der Waals surface area contributed by atoms with E-state index in [1.807, 2.05) is 30.3 Å². The summed E-state index contributed by atoms with van der Waals surface area (Å²) in [5.41, 5.74) is 0.904. The summed E-state index contributed by atoms with van der Waals surface area (Å²) in [6.07, 6.45) is 2.74. The van der Waals surface area contributed by atoms with Crippen molar-refractivity contribution in [1.82, 2.24) is 5.06 Å². The van der Waals surface area contributed by atoms with Crippen LogP contribution in [-0.2, 0) is 16.2 Å². The highest BCUT2D eigenvalue weighted by molar-refractivity contribution is 5.89. The summed E-state index contributed by atoms with van der Waals surface area (Å²) in [5, 5.41) is 1.60. The van der Waals surface area contributed by atoms with Crippen molar-refractivity contribution in [3.63, 3.8) is 0 Å². The van der Waals surface area contributed by atoms with Crippen LogP contribution in [0.15, 0.2) is 30.3 Å². The minimum atomic E-state index is -0.189. The highest BCUT2D eigenvalue weighted by Crippen LogP contribution is 2.46. The summed E-state index contributed by atoms with van der Waals surface area (Å²) in [4.78, 5) is 18.1. The molecule has 1 fully saturated rings. The zero-order valence-corrected chi connectivity index (χ0v) is 12.1. The monoisotopic (exact) mass is 261 g/mol. The Balaban J connectivity index is 2.00. The zero-order valence-electron chi connectivity index (χ0n) is 12.1. The molecule has 0 spiro atoms. The average Bonchev–Trinajstić information content (AvgIpc) is 2.46. The van der Waals surface area contributed by atoms with E-state index in [4.69, 9.17) is 4.84 Å². The lowest BCUT2D eigenvalue weighted by molar-refractivity contribution is -0.271. The van der Waals surface area contributed by atoms with E-state index in [1.165, 1.54) is 0 Å². The Bertz CT molecular complexity index is 426. The third-order valence-electron chi connectivity index (χ3n) is 4.41. The first-order valence-corrected chi connectivity index (χ1v) is 7.20. The molecule has 1 aliphatic rings. The molecule has 1 saturated heterocycles. The van der Waals surface area contributed by atoms with E-state index in [0.717, 1.165) is 24.8 Å². The number of hydrogen-bond donors (Lipinski definition) is 0. The molecule has 1 atom stereocenters. The number of carbonyl (C=O) groups excluding carboxylic acids is 1. The van der Waals surface area contributed by atoms with Crippen LogP contribution in [-0.4, -0.2) is 17.0 Å². The number of nitrogens with zero attached hydrogens (tertiary/aromatic N) is 1. The third kappa shape index (κ3) is 2.27. The summed E-state index contributed by atoms with van der Waals surface area (Å²) in [6.45, 7) is 6.78. The molecule has 2 rings (SSSR count). The molecule has 1 amide bonds. The van der Waals surface area contributed by atoms with Gasteiger partial charge in [0.1, 0.15) is 6.61 Å². The van der Waals surface area contributed by atoms with Gasteiger partial charge in [-0.2, -0.15) is 0 Å². The summed E-state index contributed by atoms with van der Waals surface area (Å²) in [7, 11) is 0. The molecule has 0 saturated carbocycles. The Labute approximate surface area is 115 Å². The number of β-lactam (4-membered cyclic amide) rings is 1. The molecule has 1 aromatic rings. The minimum absolute atomic E-state index is 0.153. The van der Waals surface area contributed by atoms with E-state index in [0.29, 0.717) is 6.61 Å². The van der Waals surface area contributed by atoms with Gasteiger partial charge in [-0.1, -0.05) is 51.1 Å². The normalized spacial score (nSPS) is 21.3. The Morgan fingerprint density at radius 1 is 1.16 bits per heavy atom. The van der Waals surface area contributed by atoms with Gasteiger partial charge >= 0.3 is 0 Å². The van der Waals surface area contributed by atoms with Gasteiger partial charge in [-0.05, 0) is 24.8 Å². The molecular formula is C16H23NO2. The fraction of sp³-hybridized carbons (Fsp3) is 0.562. The van der Waals surface area contributed by atoms with Crippen molar-refractivity contribution in [2.45, 2.75) is 52.7 Å². The Morgan fingerprint density at radius 3 is 2.32 bits per heavy atom. The smallest absolute Gasteiger partial charge is 0.254 e. The van der Waals surface area contributed by atoms with Gasteiger partial charge < -0.3 is 0 Å². The first-order valence-electron chi connectivity index (χ1n) is 7.20. The molecule has 3 nitrogen and oxygen atoms in total. The van der Waals surface area contributed by atoms with Crippen LogP contribution in [0.4, 0.5) is 0 Å². The summed E-state index contributed by atoms with van der Waals surface area (Å²) >= 11 is 0. The summed E-state index contributed by atoms with van der Waals surface area (Å²) in [5.74, 6) is 0.153. The molecule has 0 aliphatic carbocycles. The standard InChI is InChI=1S/C16H23NO2/c1-4-14-16(5-2,6-3)15(18)17(14)19-12-13-10-8-7-9-11-13/h7-11,14H,4-6,12H2,1-3H3. The first-order chi connectivity index (χ1) is 9.19. The molecular weight excluding hydrogens is 238 g/mol. The SMILES string of the molecule is CCC1N(OCc2ccccc2)C(=O)C1(CC)CC. The topological polar surface area (TPSA) is 29.5 Å². The van der Waals surface area contributed by atoms with Gasteiger partial charge in [-0.3, -0.25) is 9.63 Å². The van der Waals surface area contributed by atoms with E-state index >= 15 is 0 Å². The molecule has 104 valence electrons. The van der Waals surface area contributed by atoms with Crippen molar-refractivity contribution < 1.29 is 9.63 Å². The van der Waals surface area contributed by atoms with Gasteiger partial charge in [0.2, 0.25) is 0 Å². The van der Waals surface area contributed by atoms with Crippen LogP contribution >= 0.6 is 0 Å². The lowest BCUT2D eigenvalue weighted by Crippen LogP contribution is -2.67. The van der Waals surface area contributed by atoms with Crippen LogP contribution in [0.1, 0.15) is 45.6 Å². The second kappa shape index (κ2) is 5.74. The predicted octanol–water partition coefficient (Wildman–Crippen LogP) is 3.55. The molecule has 1 aliphatic heterocycles. The van der Waals surface area contributed by atoms with Gasteiger partial charge in [0.05, 0.1) is 11.5 Å². The van der Waals surface area contributed by atoms with Crippen molar-refractivity contribution >= 4 is 5.91 Å². The number of benzene rings is 1. The van der Waals surface area contributed by atoms with Crippen molar-refractivity contribution in [3.8, 4) is 0 Å². The Morgan fingerprint density at radius 2 is 1.79 bits per heavy atom. The van der Waals surface area contributed by atoms with E-state index in [1.54, 1.807) is 5.06 Å². The molecule has 19 heavy (non-hydrogen) atoms. The fourth-order valence-corrected chi connectivity index (χ4v) is 3.11. The second-order valence-electron chi connectivity index (χ2n) is 5.18. The van der Waals surface area contributed by atoms with Gasteiger partial charge in [0.15, 0.2) is 0 Å². The highest BCUT2D eigenvalue weighted by atomic mass is 16.7. The van der Waals surface area contributed by atoms with Crippen LogP contribution in [0.3, 0.4) is 0 Å². The van der Waals surface area contributed by atoms with Crippen molar-refractivity contribution in [3.05, 3.63) is 35.9 Å². The average molecular weight is 261 g/mol. The quantitative estimate of drug-likeness (QED) is 0.733.